The van der Waals surface area contributed by atoms with Crippen molar-refractivity contribution in [1.29, 1.82) is 0 Å². The number of rotatable bonds is 32. The Hall–Kier alpha value is -1.16. The fraction of sp³-hybridized carbons (Fsp3) is 0.826. The number of hydrogen-bond donors (Lipinski definition) is 0. The van der Waals surface area contributed by atoms with E-state index in [0.29, 0.717) is 12.2 Å². The average molecular weight is 682 g/mol. The molecule has 3 nitrogen and oxygen atoms in total. The highest BCUT2D eigenvalue weighted by Gasteiger charge is 2.48. The molecule has 0 aromatic rings. The van der Waals surface area contributed by atoms with Crippen molar-refractivity contribution < 1.29 is 9.47 Å². The molecule has 0 bridgehead atoms. The van der Waals surface area contributed by atoms with Gasteiger partial charge in [-0.15, -0.1) is 0 Å². The second-order valence-corrected chi connectivity index (χ2v) is 15.8. The first-order valence-electron chi connectivity index (χ1n) is 21.7. The van der Waals surface area contributed by atoms with Gasteiger partial charge in [0.05, 0.1) is 12.2 Å². The molecule has 0 aromatic carbocycles. The lowest BCUT2D eigenvalue weighted by Gasteiger charge is -2.31. The Kier molecular flexibility index (Phi) is 27.4. The number of allylic oxidation sites excluding steroid dienone is 8. The predicted molar refractivity (Wildman–Crippen MR) is 216 cm³/mol. The molecule has 1 aliphatic carbocycles. The number of hydrogen-bond acceptors (Lipinski definition) is 3. The third-order valence-electron chi connectivity index (χ3n) is 10.7. The minimum absolute atomic E-state index is 0.313. The fourth-order valence-electron chi connectivity index (χ4n) is 7.83. The van der Waals surface area contributed by atoms with Crippen molar-refractivity contribution in [3.05, 3.63) is 48.6 Å². The smallest absolute Gasteiger partial charge is 0.169 e. The molecule has 49 heavy (non-hydrogen) atoms. The highest BCUT2D eigenvalue weighted by Crippen LogP contribution is 2.44. The molecule has 3 heteroatoms. The van der Waals surface area contributed by atoms with Gasteiger partial charge in [0, 0.05) is 19.4 Å². The first-order valence-corrected chi connectivity index (χ1v) is 21.7. The summed E-state index contributed by atoms with van der Waals surface area (Å²) in [6.07, 6.45) is 56.5. The highest BCUT2D eigenvalue weighted by atomic mass is 16.8. The Labute approximate surface area is 306 Å². The zero-order valence-corrected chi connectivity index (χ0v) is 33.3. The molecule has 0 aromatic heterocycles. The molecule has 1 saturated heterocycles. The van der Waals surface area contributed by atoms with E-state index in [9.17, 15) is 0 Å². The first kappa shape index (κ1) is 44.0. The summed E-state index contributed by atoms with van der Waals surface area (Å²) in [5.41, 5.74) is 0. The molecule has 2 rings (SSSR count). The second kappa shape index (κ2) is 30.5. The normalized spacial score (nSPS) is 21.0. The van der Waals surface area contributed by atoms with Crippen LogP contribution in [-0.2, 0) is 9.47 Å². The van der Waals surface area contributed by atoms with Crippen molar-refractivity contribution in [3.63, 3.8) is 0 Å². The predicted octanol–water partition coefficient (Wildman–Crippen LogP) is 14.2. The van der Waals surface area contributed by atoms with Crippen LogP contribution in [0, 0.1) is 5.92 Å². The summed E-state index contributed by atoms with van der Waals surface area (Å²) in [5.74, 6) is 0.437. The lowest BCUT2D eigenvalue weighted by atomic mass is 9.85. The van der Waals surface area contributed by atoms with Gasteiger partial charge in [0.15, 0.2) is 5.79 Å². The molecule has 0 amide bonds. The van der Waals surface area contributed by atoms with Crippen LogP contribution in [0.2, 0.25) is 0 Å². The molecule has 2 fully saturated rings. The van der Waals surface area contributed by atoms with E-state index >= 15 is 0 Å². The maximum atomic E-state index is 6.95. The first-order chi connectivity index (χ1) is 24.1. The maximum Gasteiger partial charge on any atom is 0.169 e. The van der Waals surface area contributed by atoms with E-state index in [1.54, 1.807) is 0 Å². The molecule has 1 saturated carbocycles. The molecule has 0 N–H and O–H groups in total. The van der Waals surface area contributed by atoms with Gasteiger partial charge in [-0.2, -0.15) is 0 Å². The van der Waals surface area contributed by atoms with Crippen molar-refractivity contribution in [2.75, 3.05) is 20.6 Å². The summed E-state index contributed by atoms with van der Waals surface area (Å²) in [4.78, 5) is 2.35. The highest BCUT2D eigenvalue weighted by molar-refractivity contribution is 4.94. The zero-order valence-electron chi connectivity index (χ0n) is 33.3. The van der Waals surface area contributed by atoms with Crippen LogP contribution in [0.15, 0.2) is 48.6 Å². The van der Waals surface area contributed by atoms with Gasteiger partial charge in [0.25, 0.3) is 0 Å². The SMILES string of the molecule is CCCCC/C=C\C/C=C\CCCCCCCCC1(CCCCCCCC/C=C\C/C=C\CCCCC)OC2CC(CN(C)C)CC[C@H]2O1. The van der Waals surface area contributed by atoms with Crippen LogP contribution in [0.3, 0.4) is 0 Å². The Morgan fingerprint density at radius 3 is 1.35 bits per heavy atom. The van der Waals surface area contributed by atoms with Gasteiger partial charge in [-0.1, -0.05) is 140 Å². The number of nitrogens with zero attached hydrogens (tertiary/aromatic N) is 1. The summed E-state index contributed by atoms with van der Waals surface area (Å²) in [7, 11) is 4.42. The van der Waals surface area contributed by atoms with Crippen LogP contribution in [-0.4, -0.2) is 43.5 Å². The van der Waals surface area contributed by atoms with Crippen LogP contribution in [0.5, 0.6) is 0 Å². The second-order valence-electron chi connectivity index (χ2n) is 15.8. The number of ether oxygens (including phenoxy) is 2. The van der Waals surface area contributed by atoms with Gasteiger partial charge >= 0.3 is 0 Å². The van der Waals surface area contributed by atoms with Gasteiger partial charge in [-0.25, -0.2) is 0 Å². The molecule has 1 heterocycles. The third kappa shape index (κ3) is 23.1. The topological polar surface area (TPSA) is 21.7 Å². The summed E-state index contributed by atoms with van der Waals surface area (Å²) < 4.78 is 13.8. The number of unbranched alkanes of at least 4 members (excludes halogenated alkanes) is 18. The lowest BCUT2D eigenvalue weighted by Crippen LogP contribution is -2.35. The number of fused-ring (bicyclic) bond motifs is 1. The lowest BCUT2D eigenvalue weighted by molar-refractivity contribution is -0.186. The standard InChI is InChI=1S/C46H83NO2/c1-5-7-9-11-13-15-17-19-21-23-25-27-29-31-33-35-39-46(48-44-38-37-43(42-47(3)4)41-45(44)49-46)40-36-34-32-30-28-26-24-22-20-18-16-14-12-10-8-6-2/h13-16,19-22,43-45H,5-12,17-18,23-42H2,1-4H3/b15-13-,16-14-,21-19-,22-20-/t43?,44-,45?/m1/s1. The molecule has 0 radical (unpaired) electrons. The van der Waals surface area contributed by atoms with Gasteiger partial charge < -0.3 is 14.4 Å². The minimum atomic E-state index is -0.313. The molecule has 284 valence electrons. The minimum Gasteiger partial charge on any atom is -0.344 e. The van der Waals surface area contributed by atoms with Crippen molar-refractivity contribution >= 4 is 0 Å². The van der Waals surface area contributed by atoms with Crippen LogP contribution >= 0.6 is 0 Å². The summed E-state index contributed by atoms with van der Waals surface area (Å²) in [5, 5.41) is 0. The molecule has 2 unspecified atom stereocenters. The van der Waals surface area contributed by atoms with Crippen LogP contribution in [0.4, 0.5) is 0 Å². The van der Waals surface area contributed by atoms with Crippen molar-refractivity contribution in [2.45, 2.75) is 218 Å². The van der Waals surface area contributed by atoms with Crippen molar-refractivity contribution in [2.24, 2.45) is 5.92 Å². The van der Waals surface area contributed by atoms with Crippen LogP contribution < -0.4 is 0 Å². The largest absolute Gasteiger partial charge is 0.344 e. The Bertz CT molecular complexity index is 809. The van der Waals surface area contributed by atoms with Crippen molar-refractivity contribution in [3.8, 4) is 0 Å². The van der Waals surface area contributed by atoms with Gasteiger partial charge in [0.1, 0.15) is 0 Å². The quantitative estimate of drug-likeness (QED) is 0.0521. The van der Waals surface area contributed by atoms with E-state index < -0.39 is 0 Å². The van der Waals surface area contributed by atoms with E-state index in [1.165, 1.54) is 167 Å². The van der Waals surface area contributed by atoms with E-state index in [4.69, 9.17) is 9.47 Å². The Morgan fingerprint density at radius 2 is 0.898 bits per heavy atom. The van der Waals surface area contributed by atoms with E-state index in [-0.39, 0.29) is 5.79 Å². The third-order valence-corrected chi connectivity index (χ3v) is 10.7. The summed E-state index contributed by atoms with van der Waals surface area (Å²) >= 11 is 0. The molecular weight excluding hydrogens is 599 g/mol. The zero-order chi connectivity index (χ0) is 35.1. The van der Waals surface area contributed by atoms with E-state index in [1.807, 2.05) is 0 Å². The average Bonchev–Trinajstić information content (AvgIpc) is 3.45. The molecule has 3 atom stereocenters. The summed E-state index contributed by atoms with van der Waals surface area (Å²) in [6.45, 7) is 5.72. The molecular formula is C46H83NO2. The van der Waals surface area contributed by atoms with Gasteiger partial charge in [-0.3, -0.25) is 0 Å². The van der Waals surface area contributed by atoms with Crippen LogP contribution in [0.25, 0.3) is 0 Å². The Morgan fingerprint density at radius 1 is 0.490 bits per heavy atom. The van der Waals surface area contributed by atoms with Crippen molar-refractivity contribution in [1.82, 2.24) is 4.90 Å². The maximum absolute atomic E-state index is 6.95. The molecule has 2 aliphatic rings. The molecule has 0 spiro atoms. The Balaban J connectivity index is 1.61. The summed E-state index contributed by atoms with van der Waals surface area (Å²) in [6, 6.07) is 0. The van der Waals surface area contributed by atoms with E-state index in [0.717, 1.165) is 31.6 Å². The van der Waals surface area contributed by atoms with Gasteiger partial charge in [-0.05, 0) is 116 Å². The fourth-order valence-corrected chi connectivity index (χ4v) is 7.83. The van der Waals surface area contributed by atoms with E-state index in [2.05, 4.69) is 81.5 Å². The van der Waals surface area contributed by atoms with Crippen LogP contribution in [0.1, 0.15) is 200 Å². The molecule has 1 aliphatic heterocycles. The monoisotopic (exact) mass is 682 g/mol. The van der Waals surface area contributed by atoms with Gasteiger partial charge in [0.2, 0.25) is 0 Å².